The van der Waals surface area contributed by atoms with Crippen LogP contribution in [0.4, 0.5) is 0 Å². The molecule has 5 heteroatoms. The maximum absolute atomic E-state index is 10.7. The van der Waals surface area contributed by atoms with Crippen LogP contribution in [0.5, 0.6) is 5.88 Å². The van der Waals surface area contributed by atoms with Crippen molar-refractivity contribution in [1.82, 2.24) is 9.97 Å². The molecule has 0 bridgehead atoms. The maximum Gasteiger partial charge on any atom is 0.335 e. The summed E-state index contributed by atoms with van der Waals surface area (Å²) in [6.07, 6.45) is 3.02. The lowest BCUT2D eigenvalue weighted by atomic mass is 10.1. The van der Waals surface area contributed by atoms with Crippen molar-refractivity contribution in [2.75, 3.05) is 7.11 Å². The molecule has 0 aliphatic heterocycles. The number of nitrogens with zero attached hydrogens (tertiary/aromatic N) is 2. The zero-order chi connectivity index (χ0) is 12.3. The molecule has 0 amide bonds. The van der Waals surface area contributed by atoms with E-state index in [0.29, 0.717) is 5.88 Å². The van der Waals surface area contributed by atoms with Gasteiger partial charge in [0.25, 0.3) is 0 Å². The number of aromatic nitrogens is 2. The minimum atomic E-state index is -0.951. The molecule has 2 rings (SSSR count). The van der Waals surface area contributed by atoms with Gasteiger partial charge in [0.05, 0.1) is 18.2 Å². The molecular weight excluding hydrogens is 220 g/mol. The van der Waals surface area contributed by atoms with Crippen molar-refractivity contribution in [1.29, 1.82) is 0 Å². The highest BCUT2D eigenvalue weighted by Gasteiger charge is 2.08. The fraction of sp³-hybridized carbons (Fsp3) is 0.0833. The molecule has 1 N–H and O–H groups in total. The van der Waals surface area contributed by atoms with Crippen LogP contribution < -0.4 is 4.74 Å². The molecule has 0 radical (unpaired) electrons. The van der Waals surface area contributed by atoms with E-state index in [-0.39, 0.29) is 5.56 Å². The zero-order valence-electron chi connectivity index (χ0n) is 9.12. The highest BCUT2D eigenvalue weighted by Crippen LogP contribution is 2.26. The molecule has 2 aromatic rings. The third-order valence-electron chi connectivity index (χ3n) is 2.31. The number of rotatable bonds is 3. The summed E-state index contributed by atoms with van der Waals surface area (Å²) in [4.78, 5) is 18.6. The number of benzene rings is 1. The molecule has 0 aliphatic carbocycles. The number of hydrogen-bond donors (Lipinski definition) is 1. The van der Waals surface area contributed by atoms with Gasteiger partial charge < -0.3 is 9.84 Å². The van der Waals surface area contributed by atoms with E-state index in [0.717, 1.165) is 11.1 Å². The van der Waals surface area contributed by atoms with Crippen LogP contribution in [0.2, 0.25) is 0 Å². The van der Waals surface area contributed by atoms with Crippen LogP contribution in [0.3, 0.4) is 0 Å². The van der Waals surface area contributed by atoms with Crippen molar-refractivity contribution in [2.24, 2.45) is 0 Å². The van der Waals surface area contributed by atoms with Gasteiger partial charge >= 0.3 is 5.97 Å². The van der Waals surface area contributed by atoms with E-state index in [2.05, 4.69) is 9.97 Å². The first-order valence-electron chi connectivity index (χ1n) is 4.90. The molecule has 0 spiro atoms. The van der Waals surface area contributed by atoms with Crippen LogP contribution in [-0.2, 0) is 0 Å². The van der Waals surface area contributed by atoms with Crippen molar-refractivity contribution in [2.45, 2.75) is 0 Å². The summed E-state index contributed by atoms with van der Waals surface area (Å²) in [5.74, 6) is -0.490. The van der Waals surface area contributed by atoms with Gasteiger partial charge in [0, 0.05) is 6.20 Å². The standard InChI is InChI=1S/C12H10N2O3/c1-17-11-10(6-13-7-14-11)8-2-4-9(5-3-8)12(15)16/h2-7H,1H3,(H,15,16). The average Bonchev–Trinajstić information content (AvgIpc) is 2.39. The van der Waals surface area contributed by atoms with E-state index in [1.807, 2.05) is 0 Å². The number of hydrogen-bond acceptors (Lipinski definition) is 4. The van der Waals surface area contributed by atoms with Gasteiger partial charge in [-0.1, -0.05) is 12.1 Å². The Labute approximate surface area is 97.7 Å². The number of aromatic carboxylic acids is 1. The lowest BCUT2D eigenvalue weighted by Crippen LogP contribution is -1.96. The highest BCUT2D eigenvalue weighted by molar-refractivity contribution is 5.88. The zero-order valence-corrected chi connectivity index (χ0v) is 9.12. The first-order chi connectivity index (χ1) is 8.22. The van der Waals surface area contributed by atoms with Gasteiger partial charge in [-0.15, -0.1) is 0 Å². The lowest BCUT2D eigenvalue weighted by Gasteiger charge is -2.06. The second kappa shape index (κ2) is 4.61. The van der Waals surface area contributed by atoms with Gasteiger partial charge in [0.15, 0.2) is 0 Å². The van der Waals surface area contributed by atoms with Crippen LogP contribution in [-0.4, -0.2) is 28.2 Å². The minimum absolute atomic E-state index is 0.240. The lowest BCUT2D eigenvalue weighted by molar-refractivity contribution is 0.0697. The summed E-state index contributed by atoms with van der Waals surface area (Å²) in [5, 5.41) is 8.80. The van der Waals surface area contributed by atoms with Crippen molar-refractivity contribution >= 4 is 5.97 Å². The number of carboxylic acids is 1. The Kier molecular flexibility index (Phi) is 3.00. The average molecular weight is 230 g/mol. The third kappa shape index (κ3) is 2.23. The summed E-state index contributed by atoms with van der Waals surface area (Å²) < 4.78 is 5.11. The number of carboxylic acid groups (broad SMARTS) is 1. The first kappa shape index (κ1) is 11.1. The molecule has 0 saturated carbocycles. The van der Waals surface area contributed by atoms with Crippen LogP contribution >= 0.6 is 0 Å². The number of methoxy groups -OCH3 is 1. The Morgan fingerprint density at radius 1 is 1.29 bits per heavy atom. The molecule has 0 fully saturated rings. The summed E-state index contributed by atoms with van der Waals surface area (Å²) >= 11 is 0. The fourth-order valence-electron chi connectivity index (χ4n) is 1.47. The fourth-order valence-corrected chi connectivity index (χ4v) is 1.47. The molecule has 0 unspecified atom stereocenters. The predicted octanol–water partition coefficient (Wildman–Crippen LogP) is 1.85. The van der Waals surface area contributed by atoms with Gasteiger partial charge in [-0.05, 0) is 17.7 Å². The summed E-state index contributed by atoms with van der Waals surface area (Å²) in [5.41, 5.74) is 1.78. The molecule has 0 atom stereocenters. The van der Waals surface area contributed by atoms with E-state index in [1.165, 1.54) is 25.6 Å². The molecule has 0 saturated heterocycles. The summed E-state index contributed by atoms with van der Waals surface area (Å²) in [7, 11) is 1.53. The summed E-state index contributed by atoms with van der Waals surface area (Å²) in [6.45, 7) is 0. The van der Waals surface area contributed by atoms with Crippen molar-refractivity contribution in [3.05, 3.63) is 42.4 Å². The Hall–Kier alpha value is -2.43. The number of ether oxygens (including phenoxy) is 1. The van der Waals surface area contributed by atoms with Crippen LogP contribution in [0.15, 0.2) is 36.8 Å². The van der Waals surface area contributed by atoms with Gasteiger partial charge in [0.1, 0.15) is 6.33 Å². The third-order valence-corrected chi connectivity index (χ3v) is 2.31. The maximum atomic E-state index is 10.7. The second-order valence-electron chi connectivity index (χ2n) is 3.33. The Bertz CT molecular complexity index is 538. The number of carbonyl (C=O) groups is 1. The first-order valence-corrected chi connectivity index (χ1v) is 4.90. The van der Waals surface area contributed by atoms with Gasteiger partial charge in [-0.2, -0.15) is 0 Å². The van der Waals surface area contributed by atoms with Crippen molar-refractivity contribution in [3.8, 4) is 17.0 Å². The topological polar surface area (TPSA) is 72.3 Å². The van der Waals surface area contributed by atoms with Crippen molar-refractivity contribution < 1.29 is 14.6 Å². The van der Waals surface area contributed by atoms with E-state index in [1.54, 1.807) is 18.3 Å². The predicted molar refractivity (Wildman–Crippen MR) is 61.0 cm³/mol. The Morgan fingerprint density at radius 3 is 2.59 bits per heavy atom. The molecule has 5 nitrogen and oxygen atoms in total. The second-order valence-corrected chi connectivity index (χ2v) is 3.33. The van der Waals surface area contributed by atoms with Gasteiger partial charge in [0.2, 0.25) is 5.88 Å². The molecule has 1 aromatic heterocycles. The molecular formula is C12H10N2O3. The monoisotopic (exact) mass is 230 g/mol. The van der Waals surface area contributed by atoms with Gasteiger partial charge in [-0.3, -0.25) is 0 Å². The highest BCUT2D eigenvalue weighted by atomic mass is 16.5. The van der Waals surface area contributed by atoms with E-state index < -0.39 is 5.97 Å². The van der Waals surface area contributed by atoms with Gasteiger partial charge in [-0.25, -0.2) is 14.8 Å². The normalized spacial score (nSPS) is 9.94. The van der Waals surface area contributed by atoms with E-state index in [9.17, 15) is 4.79 Å². The molecule has 17 heavy (non-hydrogen) atoms. The molecule has 1 aromatic carbocycles. The molecule has 1 heterocycles. The minimum Gasteiger partial charge on any atom is -0.480 e. The van der Waals surface area contributed by atoms with E-state index in [4.69, 9.17) is 9.84 Å². The van der Waals surface area contributed by atoms with E-state index >= 15 is 0 Å². The van der Waals surface area contributed by atoms with Crippen LogP contribution in [0.25, 0.3) is 11.1 Å². The quantitative estimate of drug-likeness (QED) is 0.871. The summed E-state index contributed by atoms with van der Waals surface area (Å²) in [6, 6.07) is 6.46. The van der Waals surface area contributed by atoms with Crippen LogP contribution in [0.1, 0.15) is 10.4 Å². The molecule has 86 valence electrons. The SMILES string of the molecule is COc1ncncc1-c1ccc(C(=O)O)cc1. The van der Waals surface area contributed by atoms with Crippen LogP contribution in [0, 0.1) is 0 Å². The smallest absolute Gasteiger partial charge is 0.335 e. The van der Waals surface area contributed by atoms with Crippen molar-refractivity contribution in [3.63, 3.8) is 0 Å². The largest absolute Gasteiger partial charge is 0.480 e. The Balaban J connectivity index is 2.43. The molecule has 0 aliphatic rings. The Morgan fingerprint density at radius 2 is 2.00 bits per heavy atom.